The Labute approximate surface area is 815 Å². The SMILES string of the molecule is CCCCN(CC(C)C(Cc1ccccc1)NC(=O)c1cc(C(N)=O)cc(C(=O)N(CCC)CCC)c1)NC(=O)Cc1ccccc1.CCCN(CC(C)C(Cc1ccccc1)NC(=O)c1cc(C(N)=O)cc(C(=O)N(CCC)CCC)c1)NC(=O)Cc1ccccc1.CCCN(CCC)C(=O)c1cc(C(N)=O)cc(C(=O)NC(Cc2ccccc2)C(O)CN(CC)NC(=O)Cc2ccccc2)c1. The van der Waals surface area contributed by atoms with Crippen LogP contribution in [-0.4, -0.2) is 208 Å². The van der Waals surface area contributed by atoms with Crippen LogP contribution in [0.25, 0.3) is 0 Å². The summed E-state index contributed by atoms with van der Waals surface area (Å²) in [5.74, 6) is -4.91. The molecule has 0 fully saturated rings. The van der Waals surface area contributed by atoms with Gasteiger partial charge in [-0.15, -0.1) is 0 Å². The number of hydrogen-bond acceptors (Lipinski definition) is 16. The zero-order valence-corrected chi connectivity index (χ0v) is 82.3. The van der Waals surface area contributed by atoms with Gasteiger partial charge in [-0.05, 0) is 170 Å². The molecule has 0 spiro atoms. The van der Waals surface area contributed by atoms with Gasteiger partial charge in [0.05, 0.1) is 31.4 Å². The van der Waals surface area contributed by atoms with Crippen molar-refractivity contribution in [3.63, 3.8) is 0 Å². The predicted molar refractivity (Wildman–Crippen MR) is 543 cm³/mol. The number of carbonyl (C=O) groups is 12. The number of nitrogens with two attached hydrogens (primary N) is 3. The third-order valence-electron chi connectivity index (χ3n) is 23.2. The Morgan fingerprint density at radius 1 is 0.283 bits per heavy atom. The number of aliphatic hydroxyl groups is 1. The number of primary amides is 3. The molecular formula is C110H145N15O13. The van der Waals surface area contributed by atoms with Gasteiger partial charge in [0, 0.05) is 141 Å². The van der Waals surface area contributed by atoms with E-state index in [0.717, 1.165) is 91.2 Å². The first-order valence-corrected chi connectivity index (χ1v) is 48.6. The van der Waals surface area contributed by atoms with Crippen molar-refractivity contribution in [2.45, 2.75) is 197 Å². The maximum absolute atomic E-state index is 13.9. The first-order valence-electron chi connectivity index (χ1n) is 48.6. The van der Waals surface area contributed by atoms with E-state index >= 15 is 0 Å². The second-order valence-corrected chi connectivity index (χ2v) is 35.1. The fourth-order valence-corrected chi connectivity index (χ4v) is 16.2. The summed E-state index contributed by atoms with van der Waals surface area (Å²) in [6.07, 6.45) is 8.40. The minimum Gasteiger partial charge on any atom is -0.390 e. The molecule has 0 radical (unpaired) electrons. The summed E-state index contributed by atoms with van der Waals surface area (Å²) < 4.78 is 0. The average Bonchev–Trinajstić information content (AvgIpc) is 0.819. The number of likely N-dealkylation sites (N-methyl/N-ethyl adjacent to an activating group) is 1. The van der Waals surface area contributed by atoms with Gasteiger partial charge in [-0.3, -0.25) is 73.8 Å². The van der Waals surface area contributed by atoms with E-state index in [9.17, 15) is 62.6 Å². The molecule has 0 saturated heterocycles. The number of nitrogens with one attached hydrogen (secondary N) is 6. The molecule has 13 N–H and O–H groups in total. The van der Waals surface area contributed by atoms with Crippen LogP contribution >= 0.6 is 0 Å². The molecule has 28 heteroatoms. The lowest BCUT2D eigenvalue weighted by atomic mass is 9.93. The molecule has 9 rings (SSSR count). The number of rotatable bonds is 54. The normalized spacial score (nSPS) is 12.3. The van der Waals surface area contributed by atoms with Crippen molar-refractivity contribution in [1.29, 1.82) is 0 Å². The summed E-state index contributed by atoms with van der Waals surface area (Å²) >= 11 is 0. The molecule has 0 aliphatic heterocycles. The molecule has 0 aliphatic carbocycles. The lowest BCUT2D eigenvalue weighted by Crippen LogP contribution is -2.53. The molecule has 6 unspecified atom stereocenters. The molecule has 0 bridgehead atoms. The highest BCUT2D eigenvalue weighted by atomic mass is 16.3. The lowest BCUT2D eigenvalue weighted by Gasteiger charge is -2.31. The van der Waals surface area contributed by atoms with E-state index in [1.807, 2.05) is 247 Å². The fourth-order valence-electron chi connectivity index (χ4n) is 16.2. The highest BCUT2D eigenvalue weighted by Crippen LogP contribution is 2.24. The molecule has 12 amide bonds. The second kappa shape index (κ2) is 60.1. The minimum atomic E-state index is -1.09. The number of nitrogens with zero attached hydrogens (tertiary/aromatic N) is 6. The van der Waals surface area contributed by atoms with Crippen molar-refractivity contribution < 1.29 is 62.6 Å². The van der Waals surface area contributed by atoms with Crippen molar-refractivity contribution in [1.82, 2.24) is 62.0 Å². The first-order chi connectivity index (χ1) is 66.4. The smallest absolute Gasteiger partial charge is 0.253 e. The lowest BCUT2D eigenvalue weighted by molar-refractivity contribution is -0.126. The number of benzene rings is 9. The maximum atomic E-state index is 13.9. The molecule has 738 valence electrons. The number of carbonyl (C=O) groups excluding carboxylic acids is 12. The highest BCUT2D eigenvalue weighted by Gasteiger charge is 2.32. The highest BCUT2D eigenvalue weighted by molar-refractivity contribution is 6.07. The summed E-state index contributed by atoms with van der Waals surface area (Å²) in [6, 6.07) is 69.5. The Hall–Kier alpha value is -13.5. The van der Waals surface area contributed by atoms with E-state index in [1.165, 1.54) is 42.5 Å². The molecule has 28 nitrogen and oxygen atoms in total. The van der Waals surface area contributed by atoms with E-state index in [1.54, 1.807) is 31.8 Å². The quantitative estimate of drug-likeness (QED) is 0.0158. The van der Waals surface area contributed by atoms with Crippen molar-refractivity contribution >= 4 is 70.9 Å². The number of hydrazine groups is 3. The zero-order chi connectivity index (χ0) is 100. The standard InChI is InChI=1S/C38H51N5O4.C37H49N5O4.C35H45N5O5/c1-5-8-21-43(41-35(44)23-30-17-13-10-14-18-30)27-28(4)34(22-29-15-11-9-12-16-29)40-37(46)32-24-31(36(39)45)25-33(26-32)38(47)42(19-6-2)20-7-3;1-5-18-41(19-6-2)37(46)32-24-30(35(38)44)23-31(25-32)36(45)39-33(21-28-14-10-8-11-15-28)27(4)26-42(20-7-3)40-34(43)22-29-16-12-9-13-17-29;1-4-17-39(18-5-2)35(45)29-22-27(33(36)43)21-28(23-29)34(44)37-30(19-25-13-9-7-10-14-25)31(41)24-40(6-3)38-32(42)20-26-15-11-8-12-16-26/h9-18,24-26,28,34H,5-8,19-23,27H2,1-4H3,(H2,39,45)(H,40,46)(H,41,44);8-17,23-25,27,33H,5-7,18-22,26H2,1-4H3,(H2,38,44)(H,39,45)(H,40,43);7-16,21-23,30-31,41H,4-6,17-20,24H2,1-3H3,(H2,36,43)(H,37,44)(H,38,42). The Morgan fingerprint density at radius 2 is 0.522 bits per heavy atom. The number of hydrogen-bond donors (Lipinski definition) is 10. The molecule has 6 atom stereocenters. The van der Waals surface area contributed by atoms with Gasteiger partial charge in [-0.2, -0.15) is 0 Å². The van der Waals surface area contributed by atoms with Crippen LogP contribution in [-0.2, 0) is 52.9 Å². The average molecular weight is 1890 g/mol. The van der Waals surface area contributed by atoms with Crippen molar-refractivity contribution in [2.24, 2.45) is 29.0 Å². The van der Waals surface area contributed by atoms with Gasteiger partial charge in [0.15, 0.2) is 0 Å². The van der Waals surface area contributed by atoms with Crippen LogP contribution in [0.5, 0.6) is 0 Å². The topological polar surface area (TPSA) is 395 Å². The van der Waals surface area contributed by atoms with Gasteiger partial charge in [-0.25, -0.2) is 15.0 Å². The summed E-state index contributed by atoms with van der Waals surface area (Å²) in [7, 11) is 0. The van der Waals surface area contributed by atoms with E-state index in [2.05, 4.69) is 53.0 Å². The summed E-state index contributed by atoms with van der Waals surface area (Å²) in [5.41, 5.74) is 33.0. The molecule has 9 aromatic carbocycles. The fraction of sp³-hybridized carbons (Fsp3) is 0.400. The van der Waals surface area contributed by atoms with Gasteiger partial charge in [0.25, 0.3) is 35.4 Å². The third-order valence-corrected chi connectivity index (χ3v) is 23.2. The Morgan fingerprint density at radius 3 is 0.783 bits per heavy atom. The van der Waals surface area contributed by atoms with Crippen LogP contribution in [0.3, 0.4) is 0 Å². The van der Waals surface area contributed by atoms with E-state index in [4.69, 9.17) is 17.2 Å². The molecule has 0 saturated carbocycles. The maximum Gasteiger partial charge on any atom is 0.253 e. The molecular weight excluding hydrogens is 1740 g/mol. The largest absolute Gasteiger partial charge is 0.390 e. The van der Waals surface area contributed by atoms with E-state index in [0.29, 0.717) is 91.3 Å². The summed E-state index contributed by atoms with van der Waals surface area (Å²) in [4.78, 5) is 162. The minimum absolute atomic E-state index is 0.0393. The summed E-state index contributed by atoms with van der Waals surface area (Å²) in [6.45, 7) is 28.2. The molecule has 138 heavy (non-hydrogen) atoms. The van der Waals surface area contributed by atoms with Crippen LogP contribution in [0, 0.1) is 11.8 Å². The third kappa shape index (κ3) is 38.2. The van der Waals surface area contributed by atoms with Crippen molar-refractivity contribution in [2.75, 3.05) is 78.5 Å². The predicted octanol–water partition coefficient (Wildman–Crippen LogP) is 13.8. The molecule has 0 aliphatic rings. The molecule has 9 aromatic rings. The van der Waals surface area contributed by atoms with Crippen molar-refractivity contribution in [3.05, 3.63) is 320 Å². The number of amides is 12. The van der Waals surface area contributed by atoms with Gasteiger partial charge in [0.1, 0.15) is 0 Å². The Bertz CT molecular complexity index is 5310. The molecule has 0 heterocycles. The van der Waals surface area contributed by atoms with Crippen LogP contribution < -0.4 is 49.4 Å². The van der Waals surface area contributed by atoms with Crippen LogP contribution in [0.4, 0.5) is 0 Å². The van der Waals surface area contributed by atoms with Crippen LogP contribution in [0.15, 0.2) is 237 Å². The first kappa shape index (κ1) is 111. The molecule has 0 aromatic heterocycles. The number of unbranched alkanes of at least 4 members (excludes halogenated alkanes) is 1. The Balaban J connectivity index is 0.000000282. The van der Waals surface area contributed by atoms with Gasteiger partial charge in [0.2, 0.25) is 35.4 Å². The monoisotopic (exact) mass is 1880 g/mol. The zero-order valence-electron chi connectivity index (χ0n) is 82.3. The van der Waals surface area contributed by atoms with Gasteiger partial charge in [-0.1, -0.05) is 265 Å². The Kier molecular flexibility index (Phi) is 48.6. The van der Waals surface area contributed by atoms with Gasteiger partial charge < -0.3 is 53.0 Å². The van der Waals surface area contributed by atoms with Crippen LogP contribution in [0.1, 0.15) is 261 Å². The van der Waals surface area contributed by atoms with Crippen molar-refractivity contribution in [3.8, 4) is 0 Å². The second-order valence-electron chi connectivity index (χ2n) is 35.1. The van der Waals surface area contributed by atoms with Crippen LogP contribution in [0.2, 0.25) is 0 Å². The summed E-state index contributed by atoms with van der Waals surface area (Å²) in [5, 5.41) is 26.2. The van der Waals surface area contributed by atoms with Gasteiger partial charge >= 0.3 is 0 Å². The van der Waals surface area contributed by atoms with E-state index in [-0.39, 0.29) is 135 Å². The number of aliphatic hydroxyl groups excluding tert-OH is 1. The van der Waals surface area contributed by atoms with E-state index < -0.39 is 47.6 Å².